The van der Waals surface area contributed by atoms with Crippen molar-refractivity contribution >= 4 is 22.6 Å². The molecular formula is C22H18F3N5O3. The molecule has 8 nitrogen and oxygen atoms in total. The Labute approximate surface area is 185 Å². The highest BCUT2D eigenvalue weighted by Gasteiger charge is 2.31. The standard InChI is InChI=1S/C22H18F3N5O3/c1-13-7-14(2)9-16(8-13)30-20-18(10-27-30)21(32)29(12-26-20)11-19(31)28-15-3-5-17(6-4-15)33-22(23,24)25/h3-10,12H,11H2,1-2H3,(H,28,31). The third-order valence-electron chi connectivity index (χ3n) is 4.69. The number of anilines is 1. The molecule has 1 amide bonds. The Bertz CT molecular complexity index is 1370. The second-order valence-corrected chi connectivity index (χ2v) is 7.44. The van der Waals surface area contributed by atoms with Gasteiger partial charge in [0.05, 0.1) is 11.9 Å². The molecule has 0 spiro atoms. The molecule has 0 saturated carbocycles. The van der Waals surface area contributed by atoms with E-state index in [-0.39, 0.29) is 17.6 Å². The van der Waals surface area contributed by atoms with Gasteiger partial charge in [-0.1, -0.05) is 6.07 Å². The molecule has 0 aliphatic heterocycles. The lowest BCUT2D eigenvalue weighted by Gasteiger charge is -2.10. The van der Waals surface area contributed by atoms with Crippen LogP contribution in [-0.2, 0) is 11.3 Å². The SMILES string of the molecule is Cc1cc(C)cc(-n2ncc3c(=O)n(CC(=O)Nc4ccc(OC(F)(F)F)cc4)cnc32)c1. The van der Waals surface area contributed by atoms with Crippen molar-refractivity contribution in [3.63, 3.8) is 0 Å². The van der Waals surface area contributed by atoms with E-state index in [0.717, 1.165) is 33.5 Å². The zero-order chi connectivity index (χ0) is 23.8. The highest BCUT2D eigenvalue weighted by Crippen LogP contribution is 2.24. The van der Waals surface area contributed by atoms with Gasteiger partial charge in [-0.2, -0.15) is 5.10 Å². The molecule has 0 fully saturated rings. The zero-order valence-corrected chi connectivity index (χ0v) is 17.6. The molecule has 0 saturated heterocycles. The Kier molecular flexibility index (Phi) is 5.62. The summed E-state index contributed by atoms with van der Waals surface area (Å²) in [6.45, 7) is 3.58. The average molecular weight is 457 g/mol. The number of carbonyl (C=O) groups is 1. The van der Waals surface area contributed by atoms with Gasteiger partial charge in [0.1, 0.15) is 24.0 Å². The number of hydrogen-bond donors (Lipinski definition) is 1. The van der Waals surface area contributed by atoms with Gasteiger partial charge in [-0.25, -0.2) is 9.67 Å². The van der Waals surface area contributed by atoms with Gasteiger partial charge < -0.3 is 10.1 Å². The van der Waals surface area contributed by atoms with E-state index in [1.165, 1.54) is 24.7 Å². The number of nitrogens with zero attached hydrogens (tertiary/aromatic N) is 4. The molecule has 0 radical (unpaired) electrons. The van der Waals surface area contributed by atoms with E-state index in [1.54, 1.807) is 4.68 Å². The van der Waals surface area contributed by atoms with E-state index >= 15 is 0 Å². The minimum Gasteiger partial charge on any atom is -0.406 e. The molecule has 2 aromatic heterocycles. The number of nitrogens with one attached hydrogen (secondary N) is 1. The number of benzene rings is 2. The quantitative estimate of drug-likeness (QED) is 0.493. The second-order valence-electron chi connectivity index (χ2n) is 7.44. The third-order valence-corrected chi connectivity index (χ3v) is 4.69. The molecule has 170 valence electrons. The summed E-state index contributed by atoms with van der Waals surface area (Å²) in [6.07, 6.45) is -2.15. The van der Waals surface area contributed by atoms with Gasteiger partial charge in [-0.3, -0.25) is 14.2 Å². The summed E-state index contributed by atoms with van der Waals surface area (Å²) in [4.78, 5) is 29.5. The molecule has 11 heteroatoms. The normalized spacial score (nSPS) is 11.5. The molecule has 2 aromatic carbocycles. The summed E-state index contributed by atoms with van der Waals surface area (Å²) in [6, 6.07) is 10.5. The lowest BCUT2D eigenvalue weighted by molar-refractivity contribution is -0.274. The summed E-state index contributed by atoms with van der Waals surface area (Å²) >= 11 is 0. The van der Waals surface area contributed by atoms with Gasteiger partial charge in [-0.15, -0.1) is 13.2 Å². The molecule has 0 unspecified atom stereocenters. The highest BCUT2D eigenvalue weighted by molar-refractivity contribution is 5.90. The molecule has 33 heavy (non-hydrogen) atoms. The monoisotopic (exact) mass is 457 g/mol. The highest BCUT2D eigenvalue weighted by atomic mass is 19.4. The van der Waals surface area contributed by atoms with Crippen LogP contribution < -0.4 is 15.6 Å². The summed E-state index contributed by atoms with van der Waals surface area (Å²) in [7, 11) is 0. The van der Waals surface area contributed by atoms with Crippen LogP contribution in [0.25, 0.3) is 16.7 Å². The fourth-order valence-electron chi connectivity index (χ4n) is 3.42. The van der Waals surface area contributed by atoms with Crippen LogP contribution in [0.3, 0.4) is 0 Å². The van der Waals surface area contributed by atoms with Crippen LogP contribution in [0.1, 0.15) is 11.1 Å². The fourth-order valence-corrected chi connectivity index (χ4v) is 3.42. The van der Waals surface area contributed by atoms with Crippen LogP contribution in [0.15, 0.2) is 59.8 Å². The van der Waals surface area contributed by atoms with E-state index in [9.17, 15) is 22.8 Å². The Morgan fingerprint density at radius 3 is 2.39 bits per heavy atom. The molecule has 0 aliphatic rings. The molecule has 0 atom stereocenters. The maximum Gasteiger partial charge on any atom is 0.573 e. The number of amides is 1. The van der Waals surface area contributed by atoms with Gasteiger partial charge in [0.15, 0.2) is 5.65 Å². The van der Waals surface area contributed by atoms with Crippen molar-refractivity contribution in [1.29, 1.82) is 0 Å². The molecule has 4 rings (SSSR count). The predicted molar refractivity (Wildman–Crippen MR) is 114 cm³/mol. The molecular weight excluding hydrogens is 439 g/mol. The lowest BCUT2D eigenvalue weighted by atomic mass is 10.1. The van der Waals surface area contributed by atoms with Gasteiger partial charge in [0.25, 0.3) is 5.56 Å². The van der Waals surface area contributed by atoms with Crippen LogP contribution in [0.5, 0.6) is 5.75 Å². The van der Waals surface area contributed by atoms with E-state index in [1.807, 2.05) is 32.0 Å². The average Bonchev–Trinajstić information content (AvgIpc) is 3.15. The molecule has 0 aliphatic carbocycles. The summed E-state index contributed by atoms with van der Waals surface area (Å²) in [5.41, 5.74) is 3.01. The molecule has 4 aromatic rings. The van der Waals surface area contributed by atoms with Crippen molar-refractivity contribution in [2.45, 2.75) is 26.8 Å². The largest absolute Gasteiger partial charge is 0.573 e. The van der Waals surface area contributed by atoms with Crippen molar-refractivity contribution in [3.05, 3.63) is 76.5 Å². The van der Waals surface area contributed by atoms with Crippen LogP contribution >= 0.6 is 0 Å². The number of carbonyl (C=O) groups excluding carboxylic acids is 1. The van der Waals surface area contributed by atoms with Gasteiger partial charge in [0, 0.05) is 5.69 Å². The lowest BCUT2D eigenvalue weighted by Crippen LogP contribution is -2.27. The van der Waals surface area contributed by atoms with Crippen LogP contribution in [0.2, 0.25) is 0 Å². The minimum absolute atomic E-state index is 0.248. The molecule has 0 bridgehead atoms. The van der Waals surface area contributed by atoms with Crippen molar-refractivity contribution in [3.8, 4) is 11.4 Å². The topological polar surface area (TPSA) is 91.0 Å². The smallest absolute Gasteiger partial charge is 0.406 e. The molecule has 1 N–H and O–H groups in total. The Morgan fingerprint density at radius 2 is 1.76 bits per heavy atom. The minimum atomic E-state index is -4.80. The van der Waals surface area contributed by atoms with Crippen LogP contribution in [0, 0.1) is 13.8 Å². The van der Waals surface area contributed by atoms with E-state index < -0.39 is 23.6 Å². The maximum atomic E-state index is 12.8. The number of ether oxygens (including phenoxy) is 1. The van der Waals surface area contributed by atoms with Crippen LogP contribution in [-0.4, -0.2) is 31.6 Å². The Morgan fingerprint density at radius 1 is 1.09 bits per heavy atom. The summed E-state index contributed by atoms with van der Waals surface area (Å²) in [5, 5.41) is 7.04. The van der Waals surface area contributed by atoms with Crippen molar-refractivity contribution < 1.29 is 22.7 Å². The van der Waals surface area contributed by atoms with Crippen molar-refractivity contribution in [1.82, 2.24) is 19.3 Å². The number of halogens is 3. The first kappa shape index (κ1) is 22.1. The third kappa shape index (κ3) is 5.03. The number of aryl methyl sites for hydroxylation is 2. The second kappa shape index (κ2) is 8.41. The Balaban J connectivity index is 1.52. The van der Waals surface area contributed by atoms with Gasteiger partial charge >= 0.3 is 6.36 Å². The van der Waals surface area contributed by atoms with Crippen molar-refractivity contribution in [2.24, 2.45) is 0 Å². The van der Waals surface area contributed by atoms with Gasteiger partial charge in [-0.05, 0) is 61.4 Å². The first-order valence-corrected chi connectivity index (χ1v) is 9.76. The molecule has 2 heterocycles. The van der Waals surface area contributed by atoms with Crippen molar-refractivity contribution in [2.75, 3.05) is 5.32 Å². The maximum absolute atomic E-state index is 12.8. The fraction of sp³-hybridized carbons (Fsp3) is 0.182. The number of hydrogen-bond acceptors (Lipinski definition) is 5. The van der Waals surface area contributed by atoms with E-state index in [2.05, 4.69) is 20.1 Å². The number of rotatable bonds is 5. The van der Waals surface area contributed by atoms with Crippen LogP contribution in [0.4, 0.5) is 18.9 Å². The number of fused-ring (bicyclic) bond motifs is 1. The summed E-state index contributed by atoms with van der Waals surface area (Å²) < 4.78 is 43.2. The first-order valence-electron chi connectivity index (χ1n) is 9.76. The van der Waals surface area contributed by atoms with E-state index in [0.29, 0.717) is 5.65 Å². The van der Waals surface area contributed by atoms with E-state index in [4.69, 9.17) is 0 Å². The number of aromatic nitrogens is 4. The number of alkyl halides is 3. The summed E-state index contributed by atoms with van der Waals surface area (Å²) in [5.74, 6) is -0.961. The zero-order valence-electron chi connectivity index (χ0n) is 17.6. The Hall–Kier alpha value is -4.15. The predicted octanol–water partition coefficient (Wildman–Crippen LogP) is 3.74. The van der Waals surface area contributed by atoms with Gasteiger partial charge in [0.2, 0.25) is 5.91 Å². The first-order chi connectivity index (χ1) is 15.6.